The highest BCUT2D eigenvalue weighted by Gasteiger charge is 2.24. The van der Waals surface area contributed by atoms with Crippen LogP contribution in [0.2, 0.25) is 0 Å². The molecule has 0 heterocycles. The summed E-state index contributed by atoms with van der Waals surface area (Å²) in [7, 11) is 2.60. The summed E-state index contributed by atoms with van der Waals surface area (Å²) >= 11 is 0. The topological polar surface area (TPSA) is 144 Å². The molecule has 0 aromatic heterocycles. The van der Waals surface area contributed by atoms with Crippen LogP contribution in [-0.2, 0) is 19.0 Å². The van der Waals surface area contributed by atoms with Gasteiger partial charge < -0.3 is 29.4 Å². The first-order valence-corrected chi connectivity index (χ1v) is 15.1. The minimum Gasteiger partial charge on any atom is -0.490 e. The Bertz CT molecular complexity index is 1490. The van der Waals surface area contributed by atoms with Crippen LogP contribution in [0.15, 0.2) is 109 Å². The summed E-state index contributed by atoms with van der Waals surface area (Å²) in [6, 6.07) is 32.7. The highest BCUT2D eigenvalue weighted by Crippen LogP contribution is 2.30. The van der Waals surface area contributed by atoms with Gasteiger partial charge in [0.1, 0.15) is 18.5 Å². The van der Waals surface area contributed by atoms with E-state index in [1.165, 1.54) is 14.2 Å². The van der Waals surface area contributed by atoms with E-state index in [1.807, 2.05) is 54.6 Å². The van der Waals surface area contributed by atoms with Crippen LogP contribution in [-0.4, -0.2) is 63.3 Å². The fourth-order valence-electron chi connectivity index (χ4n) is 4.81. The molecule has 4 aromatic rings. The number of anilines is 2. The fourth-order valence-corrected chi connectivity index (χ4v) is 4.81. The molecular weight excluding hydrogens is 602 g/mol. The molecule has 0 radical (unpaired) electrons. The lowest BCUT2D eigenvalue weighted by molar-refractivity contribution is -0.160. The van der Waals surface area contributed by atoms with E-state index < -0.39 is 30.4 Å². The third-order valence-electron chi connectivity index (χ3n) is 7.27. The molecule has 0 aliphatic carbocycles. The van der Waals surface area contributed by atoms with Gasteiger partial charge in [-0.3, -0.25) is 10.6 Å². The molecule has 0 aliphatic rings. The van der Waals surface area contributed by atoms with Crippen LogP contribution in [0.1, 0.15) is 35.1 Å². The Kier molecular flexibility index (Phi) is 13.2. The molecule has 11 heteroatoms. The monoisotopic (exact) mass is 641 g/mol. The molecule has 4 aromatic carbocycles. The molecule has 0 spiro atoms. The fraction of sp³-hybridized carbons (Fsp3) is 0.250. The van der Waals surface area contributed by atoms with E-state index in [2.05, 4.69) is 25.4 Å². The van der Waals surface area contributed by atoms with Crippen molar-refractivity contribution in [2.45, 2.75) is 24.5 Å². The molecule has 0 saturated carbocycles. The number of aliphatic hydroxyl groups is 1. The van der Waals surface area contributed by atoms with E-state index >= 15 is 0 Å². The number of para-hydroxylation sites is 1. The average Bonchev–Trinajstić information content (AvgIpc) is 3.11. The molecule has 11 nitrogen and oxygen atoms in total. The Balaban J connectivity index is 1.44. The van der Waals surface area contributed by atoms with Crippen molar-refractivity contribution in [1.29, 1.82) is 0 Å². The summed E-state index contributed by atoms with van der Waals surface area (Å²) in [5.41, 5.74) is 3.62. The molecule has 0 fully saturated rings. The summed E-state index contributed by atoms with van der Waals surface area (Å²) in [5, 5.41) is 19.3. The van der Waals surface area contributed by atoms with Crippen LogP contribution < -0.4 is 20.7 Å². The largest absolute Gasteiger partial charge is 0.490 e. The lowest BCUT2D eigenvalue weighted by Gasteiger charge is -2.23. The summed E-state index contributed by atoms with van der Waals surface area (Å²) in [6.07, 6.45) is -2.58. The highest BCUT2D eigenvalue weighted by atomic mass is 16.6. The molecule has 246 valence electrons. The van der Waals surface area contributed by atoms with Crippen LogP contribution in [0.25, 0.3) is 0 Å². The maximum absolute atomic E-state index is 12.9. The first kappa shape index (κ1) is 34.5. The number of aliphatic hydroxyl groups excluding tert-OH is 1. The molecule has 0 aliphatic heterocycles. The van der Waals surface area contributed by atoms with Gasteiger partial charge in [0.05, 0.1) is 14.2 Å². The van der Waals surface area contributed by atoms with Crippen LogP contribution in [0.3, 0.4) is 0 Å². The standard InChI is InChI=1S/C36H39N3O8/c1-44-35(42)38-28-17-13-25(14-18-28)32(26-15-19-29(20-16-26)39-36(43)45-2)21-22-37-23-31(24-46-30-11-7-4-8-12-30)47-34(41)33(40)27-9-5-3-6-10-27/h3-20,31-33,37,40H,21-24H2,1-2H3,(H,38,42)(H,39,43)/t31-,33+/m0/s1. The number of benzene rings is 4. The molecule has 0 saturated heterocycles. The maximum atomic E-state index is 12.9. The number of hydrogen-bond donors (Lipinski definition) is 4. The number of carbonyl (C=O) groups is 3. The summed E-state index contributed by atoms with van der Waals surface area (Å²) in [4.78, 5) is 36.2. The van der Waals surface area contributed by atoms with Crippen molar-refractivity contribution >= 4 is 29.5 Å². The molecule has 4 rings (SSSR count). The van der Waals surface area contributed by atoms with Crippen LogP contribution in [0.5, 0.6) is 5.75 Å². The van der Waals surface area contributed by atoms with E-state index in [-0.39, 0.29) is 19.1 Å². The van der Waals surface area contributed by atoms with Crippen LogP contribution in [0.4, 0.5) is 21.0 Å². The van der Waals surface area contributed by atoms with E-state index in [4.69, 9.17) is 9.47 Å². The van der Waals surface area contributed by atoms with Crippen molar-refractivity contribution in [2.24, 2.45) is 0 Å². The summed E-state index contributed by atoms with van der Waals surface area (Å²) in [6.45, 7) is 0.892. The molecule has 0 unspecified atom stereocenters. The molecule has 2 amide bonds. The van der Waals surface area contributed by atoms with Gasteiger partial charge in [0.2, 0.25) is 0 Å². The van der Waals surface area contributed by atoms with Gasteiger partial charge in [0.15, 0.2) is 6.10 Å². The summed E-state index contributed by atoms with van der Waals surface area (Å²) in [5.74, 6) is -0.199. The molecule has 0 bridgehead atoms. The summed E-state index contributed by atoms with van der Waals surface area (Å²) < 4.78 is 21.0. The van der Waals surface area contributed by atoms with Gasteiger partial charge in [0.25, 0.3) is 0 Å². The van der Waals surface area contributed by atoms with Crippen LogP contribution in [0, 0.1) is 0 Å². The second kappa shape index (κ2) is 17.9. The predicted octanol–water partition coefficient (Wildman–Crippen LogP) is 5.88. The Morgan fingerprint density at radius 2 is 1.19 bits per heavy atom. The first-order valence-electron chi connectivity index (χ1n) is 15.1. The van der Waals surface area contributed by atoms with E-state index in [0.717, 1.165) is 11.1 Å². The smallest absolute Gasteiger partial charge is 0.411 e. The number of ether oxygens (including phenoxy) is 4. The third kappa shape index (κ3) is 10.9. The van der Waals surface area contributed by atoms with Gasteiger partial charge >= 0.3 is 18.2 Å². The van der Waals surface area contributed by atoms with Gasteiger partial charge in [-0.15, -0.1) is 0 Å². The number of nitrogens with one attached hydrogen (secondary N) is 3. The minimum absolute atomic E-state index is 0.0664. The van der Waals surface area contributed by atoms with Gasteiger partial charge in [-0.25, -0.2) is 14.4 Å². The van der Waals surface area contributed by atoms with Gasteiger partial charge in [-0.2, -0.15) is 0 Å². The Labute approximate surface area is 273 Å². The second-order valence-corrected chi connectivity index (χ2v) is 10.5. The minimum atomic E-state index is -1.42. The van der Waals surface area contributed by atoms with Crippen molar-refractivity contribution in [3.63, 3.8) is 0 Å². The molecule has 47 heavy (non-hydrogen) atoms. The van der Waals surface area contributed by atoms with E-state index in [9.17, 15) is 19.5 Å². The van der Waals surface area contributed by atoms with Crippen molar-refractivity contribution in [3.05, 3.63) is 126 Å². The number of amides is 2. The van der Waals surface area contributed by atoms with Crippen molar-refractivity contribution < 1.29 is 38.4 Å². The number of esters is 1. The first-order chi connectivity index (χ1) is 22.9. The van der Waals surface area contributed by atoms with Gasteiger partial charge in [-0.05, 0) is 66.1 Å². The molecule has 2 atom stereocenters. The third-order valence-corrected chi connectivity index (χ3v) is 7.27. The van der Waals surface area contributed by atoms with Crippen molar-refractivity contribution in [2.75, 3.05) is 44.5 Å². The SMILES string of the molecule is COC(=O)Nc1ccc(C(CCNC[C@@H](COc2ccccc2)OC(=O)[C@H](O)c2ccccc2)c2ccc(NC(=O)OC)cc2)cc1. The number of carbonyl (C=O) groups excluding carboxylic acids is 3. The Morgan fingerprint density at radius 1 is 0.681 bits per heavy atom. The normalized spacial score (nSPS) is 12.0. The van der Waals surface area contributed by atoms with Crippen molar-refractivity contribution in [1.82, 2.24) is 5.32 Å². The zero-order valence-electron chi connectivity index (χ0n) is 26.3. The average molecular weight is 642 g/mol. The van der Waals surface area contributed by atoms with Gasteiger partial charge in [0, 0.05) is 23.8 Å². The molecular formula is C36H39N3O8. The predicted molar refractivity (Wildman–Crippen MR) is 177 cm³/mol. The zero-order chi connectivity index (χ0) is 33.4. The maximum Gasteiger partial charge on any atom is 0.411 e. The van der Waals surface area contributed by atoms with Crippen molar-refractivity contribution in [3.8, 4) is 5.75 Å². The Hall–Kier alpha value is -5.39. The van der Waals surface area contributed by atoms with E-state index in [1.54, 1.807) is 54.6 Å². The lowest BCUT2D eigenvalue weighted by Crippen LogP contribution is -2.37. The lowest BCUT2D eigenvalue weighted by atomic mass is 9.88. The number of methoxy groups -OCH3 is 2. The number of rotatable bonds is 15. The zero-order valence-corrected chi connectivity index (χ0v) is 26.3. The Morgan fingerprint density at radius 3 is 1.70 bits per heavy atom. The molecule has 4 N–H and O–H groups in total. The number of hydrogen-bond acceptors (Lipinski definition) is 9. The quantitative estimate of drug-likeness (QED) is 0.0711. The van der Waals surface area contributed by atoms with Crippen LogP contribution >= 0.6 is 0 Å². The highest BCUT2D eigenvalue weighted by molar-refractivity contribution is 5.85. The second-order valence-electron chi connectivity index (χ2n) is 10.5. The van der Waals surface area contributed by atoms with Gasteiger partial charge in [-0.1, -0.05) is 72.8 Å². The van der Waals surface area contributed by atoms with E-state index in [0.29, 0.717) is 35.7 Å².